The molecule has 1 N–H and O–H groups in total. The zero-order valence-electron chi connectivity index (χ0n) is 15.0. The SMILES string of the molecule is CCc1oc2ccc3ccccc3c2c1NOS(=O)(=O)c1ccc(C)cc1. The molecule has 0 saturated heterocycles. The fraction of sp³-hybridized carbons (Fsp3) is 0.143. The van der Waals surface area contributed by atoms with Crippen molar-refractivity contribution in [3.05, 3.63) is 72.0 Å². The third-order valence-corrected chi connectivity index (χ3v) is 5.69. The van der Waals surface area contributed by atoms with Gasteiger partial charge in [-0.1, -0.05) is 55.0 Å². The van der Waals surface area contributed by atoms with Crippen molar-refractivity contribution in [3.63, 3.8) is 0 Å². The van der Waals surface area contributed by atoms with Crippen LogP contribution in [0.15, 0.2) is 70.0 Å². The topological polar surface area (TPSA) is 68.5 Å². The van der Waals surface area contributed by atoms with Crippen LogP contribution in [0.5, 0.6) is 0 Å². The van der Waals surface area contributed by atoms with Gasteiger partial charge in [0.1, 0.15) is 17.0 Å². The van der Waals surface area contributed by atoms with Crippen molar-refractivity contribution in [3.8, 4) is 0 Å². The van der Waals surface area contributed by atoms with Crippen molar-refractivity contribution in [1.82, 2.24) is 0 Å². The maximum Gasteiger partial charge on any atom is 0.317 e. The number of nitrogens with one attached hydrogen (secondary N) is 1. The molecule has 0 amide bonds. The van der Waals surface area contributed by atoms with Crippen LogP contribution < -0.4 is 5.48 Å². The average Bonchev–Trinajstić information content (AvgIpc) is 3.05. The van der Waals surface area contributed by atoms with Gasteiger partial charge in [0.25, 0.3) is 0 Å². The second-order valence-corrected chi connectivity index (χ2v) is 7.91. The van der Waals surface area contributed by atoms with E-state index in [1.54, 1.807) is 12.1 Å². The summed E-state index contributed by atoms with van der Waals surface area (Å²) in [6, 6.07) is 18.3. The van der Waals surface area contributed by atoms with Crippen molar-refractivity contribution >= 4 is 37.5 Å². The lowest BCUT2D eigenvalue weighted by atomic mass is 10.1. The van der Waals surface area contributed by atoms with Gasteiger partial charge in [0.05, 0.1) is 10.3 Å². The van der Waals surface area contributed by atoms with Gasteiger partial charge in [-0.3, -0.25) is 0 Å². The molecule has 0 spiro atoms. The van der Waals surface area contributed by atoms with E-state index in [2.05, 4.69) is 5.48 Å². The fourth-order valence-electron chi connectivity index (χ4n) is 3.12. The van der Waals surface area contributed by atoms with E-state index in [0.717, 1.165) is 21.7 Å². The van der Waals surface area contributed by atoms with Gasteiger partial charge < -0.3 is 4.42 Å². The Morgan fingerprint density at radius 3 is 2.48 bits per heavy atom. The Labute approximate surface area is 157 Å². The summed E-state index contributed by atoms with van der Waals surface area (Å²) in [4.78, 5) is 0.0938. The molecule has 0 aliphatic rings. The summed E-state index contributed by atoms with van der Waals surface area (Å²) < 4.78 is 36.1. The van der Waals surface area contributed by atoms with Crippen molar-refractivity contribution in [1.29, 1.82) is 0 Å². The van der Waals surface area contributed by atoms with Crippen molar-refractivity contribution < 1.29 is 17.1 Å². The molecule has 4 rings (SSSR count). The van der Waals surface area contributed by atoms with Crippen LogP contribution in [0.2, 0.25) is 0 Å². The first-order chi connectivity index (χ1) is 13.0. The van der Waals surface area contributed by atoms with Gasteiger partial charge in [-0.15, -0.1) is 4.28 Å². The minimum Gasteiger partial charge on any atom is -0.459 e. The lowest BCUT2D eigenvalue weighted by Gasteiger charge is -2.09. The fourth-order valence-corrected chi connectivity index (χ4v) is 3.88. The molecule has 5 nitrogen and oxygen atoms in total. The minimum atomic E-state index is -3.95. The molecule has 0 bridgehead atoms. The highest BCUT2D eigenvalue weighted by Crippen LogP contribution is 2.37. The molecule has 0 saturated carbocycles. The van der Waals surface area contributed by atoms with E-state index < -0.39 is 10.1 Å². The maximum atomic E-state index is 12.5. The number of benzene rings is 3. The lowest BCUT2D eigenvalue weighted by Crippen LogP contribution is -2.12. The maximum absolute atomic E-state index is 12.5. The van der Waals surface area contributed by atoms with Crippen molar-refractivity contribution in [2.75, 3.05) is 5.48 Å². The standard InChI is InChI=1S/C21H19NO4S/c1-3-18-21(22-26-27(23,24)16-11-8-14(2)9-12-16)20-17-7-5-4-6-15(17)10-13-19(20)25-18/h4-13,22H,3H2,1-2H3. The molecular formula is C21H19NO4S. The number of rotatable bonds is 5. The van der Waals surface area contributed by atoms with E-state index in [1.165, 1.54) is 12.1 Å². The molecule has 0 atom stereocenters. The normalized spacial score (nSPS) is 11.9. The van der Waals surface area contributed by atoms with Gasteiger partial charge in [0, 0.05) is 6.42 Å². The summed E-state index contributed by atoms with van der Waals surface area (Å²) in [5, 5.41) is 2.82. The van der Waals surface area contributed by atoms with Crippen LogP contribution in [0.3, 0.4) is 0 Å². The summed E-state index contributed by atoms with van der Waals surface area (Å²) in [6.45, 7) is 3.84. The number of anilines is 1. The van der Waals surface area contributed by atoms with Gasteiger partial charge in [-0.05, 0) is 35.9 Å². The summed E-state index contributed by atoms with van der Waals surface area (Å²) in [5.74, 6) is 0.639. The molecular weight excluding hydrogens is 362 g/mol. The number of hydrogen-bond acceptors (Lipinski definition) is 5. The van der Waals surface area contributed by atoms with E-state index in [0.29, 0.717) is 23.5 Å². The van der Waals surface area contributed by atoms with Crippen LogP contribution in [-0.4, -0.2) is 8.42 Å². The molecule has 0 aliphatic carbocycles. The predicted molar refractivity (Wildman–Crippen MR) is 106 cm³/mol. The van der Waals surface area contributed by atoms with E-state index in [9.17, 15) is 8.42 Å². The Morgan fingerprint density at radius 1 is 1.00 bits per heavy atom. The Morgan fingerprint density at radius 2 is 1.74 bits per heavy atom. The second-order valence-electron chi connectivity index (χ2n) is 6.37. The number of aryl methyl sites for hydroxylation is 2. The number of hydrogen-bond donors (Lipinski definition) is 1. The van der Waals surface area contributed by atoms with Crippen LogP contribution in [-0.2, 0) is 20.8 Å². The van der Waals surface area contributed by atoms with E-state index in [1.807, 2.05) is 50.2 Å². The number of fused-ring (bicyclic) bond motifs is 3. The molecule has 1 aromatic heterocycles. The molecule has 1 heterocycles. The molecule has 0 radical (unpaired) electrons. The number of furan rings is 1. The van der Waals surface area contributed by atoms with Gasteiger partial charge in [0.15, 0.2) is 0 Å². The van der Waals surface area contributed by atoms with Gasteiger partial charge in [0.2, 0.25) is 0 Å². The van der Waals surface area contributed by atoms with E-state index in [-0.39, 0.29) is 4.90 Å². The Hall–Kier alpha value is -2.83. The van der Waals surface area contributed by atoms with Gasteiger partial charge in [-0.2, -0.15) is 8.42 Å². The lowest BCUT2D eigenvalue weighted by molar-refractivity contribution is 0.389. The Bertz CT molecular complexity index is 1220. The van der Waals surface area contributed by atoms with Crippen LogP contribution in [0, 0.1) is 6.92 Å². The van der Waals surface area contributed by atoms with E-state index >= 15 is 0 Å². The Balaban J connectivity index is 1.77. The van der Waals surface area contributed by atoms with Crippen LogP contribution in [0.1, 0.15) is 18.2 Å². The first-order valence-electron chi connectivity index (χ1n) is 8.69. The third kappa shape index (κ3) is 3.18. The first kappa shape index (κ1) is 17.6. The van der Waals surface area contributed by atoms with E-state index in [4.69, 9.17) is 8.70 Å². The molecule has 0 unspecified atom stereocenters. The van der Waals surface area contributed by atoms with Gasteiger partial charge >= 0.3 is 10.1 Å². The van der Waals surface area contributed by atoms with Crippen LogP contribution in [0.4, 0.5) is 5.69 Å². The molecule has 6 heteroatoms. The van der Waals surface area contributed by atoms with Crippen LogP contribution in [0.25, 0.3) is 21.7 Å². The molecule has 27 heavy (non-hydrogen) atoms. The summed E-state index contributed by atoms with van der Waals surface area (Å²) in [5.41, 5.74) is 4.85. The summed E-state index contributed by atoms with van der Waals surface area (Å²) in [6.07, 6.45) is 0.597. The van der Waals surface area contributed by atoms with Crippen molar-refractivity contribution in [2.24, 2.45) is 0 Å². The van der Waals surface area contributed by atoms with Gasteiger partial charge in [-0.25, -0.2) is 5.48 Å². The zero-order valence-corrected chi connectivity index (χ0v) is 15.8. The average molecular weight is 381 g/mol. The quantitative estimate of drug-likeness (QED) is 0.482. The molecule has 3 aromatic carbocycles. The van der Waals surface area contributed by atoms with Crippen molar-refractivity contribution in [2.45, 2.75) is 25.2 Å². The first-order valence-corrected chi connectivity index (χ1v) is 10.1. The monoisotopic (exact) mass is 381 g/mol. The third-order valence-electron chi connectivity index (χ3n) is 4.54. The predicted octanol–water partition coefficient (Wildman–Crippen LogP) is 5.19. The zero-order chi connectivity index (χ0) is 19.0. The highest BCUT2D eigenvalue weighted by Gasteiger charge is 2.20. The van der Waals surface area contributed by atoms with Crippen LogP contribution >= 0.6 is 0 Å². The molecule has 4 aromatic rings. The largest absolute Gasteiger partial charge is 0.459 e. The molecule has 0 aliphatic heterocycles. The Kier molecular flexibility index (Phi) is 4.37. The minimum absolute atomic E-state index is 0.0938. The smallest absolute Gasteiger partial charge is 0.317 e. The highest BCUT2D eigenvalue weighted by atomic mass is 32.2. The summed E-state index contributed by atoms with van der Waals surface area (Å²) >= 11 is 0. The summed E-state index contributed by atoms with van der Waals surface area (Å²) in [7, 11) is -3.95. The molecule has 0 fully saturated rings. The molecule has 138 valence electrons. The highest BCUT2D eigenvalue weighted by molar-refractivity contribution is 7.86. The second kappa shape index (κ2) is 6.72.